The van der Waals surface area contributed by atoms with Gasteiger partial charge in [0.1, 0.15) is 6.61 Å². The molecule has 0 aromatic rings. The van der Waals surface area contributed by atoms with Crippen LogP contribution in [0.1, 0.15) is 12.8 Å². The summed E-state index contributed by atoms with van der Waals surface area (Å²) in [4.78, 5) is 10.8. The molecule has 1 amide bonds. The quantitative estimate of drug-likeness (QED) is 0.705. The van der Waals surface area contributed by atoms with Gasteiger partial charge in [0.2, 0.25) is 0 Å². The fourth-order valence-corrected chi connectivity index (χ4v) is 2.28. The first-order valence-electron chi connectivity index (χ1n) is 3.66. The van der Waals surface area contributed by atoms with Gasteiger partial charge in [-0.3, -0.25) is 0 Å². The fourth-order valence-electron chi connectivity index (χ4n) is 0.998. The second kappa shape index (κ2) is 5.14. The largest absolute Gasteiger partial charge is 0.447 e. The van der Waals surface area contributed by atoms with Crippen LogP contribution in [0.5, 0.6) is 0 Å². The first-order valence-corrected chi connectivity index (χ1v) is 5.51. The average molecular weight is 225 g/mol. The number of thioether (sulfide) groups is 1. The van der Waals surface area contributed by atoms with Crippen LogP contribution in [0.4, 0.5) is 4.79 Å². The molecule has 0 bridgehead atoms. The Kier molecular flexibility index (Phi) is 4.45. The van der Waals surface area contributed by atoms with Crippen LogP contribution >= 0.6 is 37.4 Å². The number of thiol groups is 2. The van der Waals surface area contributed by atoms with E-state index in [-0.39, 0.29) is 0 Å². The van der Waals surface area contributed by atoms with E-state index in [1.807, 2.05) is 11.8 Å². The van der Waals surface area contributed by atoms with E-state index >= 15 is 0 Å². The molecule has 12 heavy (non-hydrogen) atoms. The summed E-state index contributed by atoms with van der Waals surface area (Å²) in [5.41, 5.74) is 0. The van der Waals surface area contributed by atoms with Crippen LogP contribution in [-0.4, -0.2) is 27.4 Å². The van der Waals surface area contributed by atoms with Gasteiger partial charge in [-0.2, -0.15) is 15.5 Å². The molecule has 1 aliphatic heterocycles. The number of ether oxygens (including phenoxy) is 1. The summed E-state index contributed by atoms with van der Waals surface area (Å²) in [5, 5.41) is 0.468. The Morgan fingerprint density at radius 3 is 2.92 bits per heavy atom. The summed E-state index contributed by atoms with van der Waals surface area (Å²) in [6, 6.07) is 0. The van der Waals surface area contributed by atoms with Crippen LogP contribution in [-0.2, 0) is 4.74 Å². The highest BCUT2D eigenvalue weighted by Crippen LogP contribution is 2.26. The molecule has 0 spiro atoms. The lowest BCUT2D eigenvalue weighted by Gasteiger charge is -2.11. The molecule has 1 fully saturated rings. The van der Waals surface area contributed by atoms with Crippen molar-refractivity contribution >= 4 is 43.5 Å². The maximum absolute atomic E-state index is 10.8. The molecule has 1 unspecified atom stereocenters. The lowest BCUT2D eigenvalue weighted by atomic mass is 10.3. The molecular weight excluding hydrogens is 214 g/mol. The highest BCUT2D eigenvalue weighted by atomic mass is 32.2. The van der Waals surface area contributed by atoms with Crippen molar-refractivity contribution in [2.45, 2.75) is 18.1 Å². The van der Waals surface area contributed by atoms with Gasteiger partial charge in [0.05, 0.1) is 0 Å². The van der Waals surface area contributed by atoms with E-state index in [2.05, 4.69) is 25.6 Å². The number of carbonyl (C=O) groups excluding carboxylic acids is 1. The minimum Gasteiger partial charge on any atom is -0.447 e. The standard InChI is InChI=1S/C6H11NO2S3/c8-6(7(10)11)9-4-5-2-1-3-12-5/h5,10-11H,1-4H2. The number of rotatable bonds is 2. The predicted octanol–water partition coefficient (Wildman–Crippen LogP) is 2.01. The molecule has 1 atom stereocenters. The molecule has 0 N–H and O–H groups in total. The van der Waals surface area contributed by atoms with E-state index in [1.165, 1.54) is 12.2 Å². The van der Waals surface area contributed by atoms with Crippen molar-refractivity contribution in [3.8, 4) is 0 Å². The zero-order valence-electron chi connectivity index (χ0n) is 6.47. The van der Waals surface area contributed by atoms with E-state index < -0.39 is 6.09 Å². The Labute approximate surface area is 87.3 Å². The molecule has 0 aromatic carbocycles. The van der Waals surface area contributed by atoms with Crippen molar-refractivity contribution < 1.29 is 9.53 Å². The van der Waals surface area contributed by atoms with Crippen molar-refractivity contribution in [2.24, 2.45) is 0 Å². The average Bonchev–Trinajstić information content (AvgIpc) is 2.51. The SMILES string of the molecule is O=C(OCC1CCCS1)N(S)S. The van der Waals surface area contributed by atoms with Crippen LogP contribution in [0.2, 0.25) is 0 Å². The highest BCUT2D eigenvalue weighted by Gasteiger charge is 2.18. The summed E-state index contributed by atoms with van der Waals surface area (Å²) in [6.45, 7) is 0.473. The second-order valence-electron chi connectivity index (χ2n) is 2.50. The van der Waals surface area contributed by atoms with Crippen molar-refractivity contribution in [2.75, 3.05) is 12.4 Å². The zero-order chi connectivity index (χ0) is 8.97. The molecule has 1 saturated heterocycles. The van der Waals surface area contributed by atoms with Gasteiger partial charge in [0, 0.05) is 5.25 Å². The molecule has 0 aliphatic carbocycles. The molecule has 6 heteroatoms. The summed E-state index contributed by atoms with van der Waals surface area (Å²) in [5.74, 6) is 1.17. The van der Waals surface area contributed by atoms with Gasteiger partial charge in [-0.15, -0.1) is 0 Å². The van der Waals surface area contributed by atoms with Crippen molar-refractivity contribution in [1.29, 1.82) is 0 Å². The summed E-state index contributed by atoms with van der Waals surface area (Å²) >= 11 is 9.22. The lowest BCUT2D eigenvalue weighted by molar-refractivity contribution is 0.143. The molecule has 1 heterocycles. The minimum absolute atomic E-state index is 0.468. The first kappa shape index (κ1) is 10.4. The smallest absolute Gasteiger partial charge is 0.429 e. The van der Waals surface area contributed by atoms with Crippen LogP contribution in [0, 0.1) is 0 Å². The summed E-state index contributed by atoms with van der Waals surface area (Å²) in [6.07, 6.45) is 1.85. The molecule has 0 radical (unpaired) electrons. The Balaban J connectivity index is 2.12. The van der Waals surface area contributed by atoms with Gasteiger partial charge in [-0.1, -0.05) is 0 Å². The number of hydrogen-bond donors (Lipinski definition) is 2. The Hall–Kier alpha value is 0.320. The van der Waals surface area contributed by atoms with E-state index in [4.69, 9.17) is 4.74 Å². The molecule has 1 aliphatic rings. The van der Waals surface area contributed by atoms with E-state index in [1.54, 1.807) is 0 Å². The van der Waals surface area contributed by atoms with Crippen LogP contribution in [0.3, 0.4) is 0 Å². The lowest BCUT2D eigenvalue weighted by Crippen LogP contribution is -2.18. The highest BCUT2D eigenvalue weighted by molar-refractivity contribution is 8.00. The fraction of sp³-hybridized carbons (Fsp3) is 0.833. The molecule has 1 rings (SSSR count). The first-order chi connectivity index (χ1) is 5.70. The minimum atomic E-state index is -0.505. The number of amides is 1. The Bertz CT molecular complexity index is 159. The summed E-state index contributed by atoms with van der Waals surface area (Å²) < 4.78 is 5.75. The molecule has 70 valence electrons. The van der Waals surface area contributed by atoms with Crippen molar-refractivity contribution in [3.63, 3.8) is 0 Å². The number of nitrogens with zero attached hydrogens (tertiary/aromatic N) is 1. The summed E-state index contributed by atoms with van der Waals surface area (Å²) in [7, 11) is 0. The predicted molar refractivity (Wildman–Crippen MR) is 56.6 cm³/mol. The monoisotopic (exact) mass is 225 g/mol. The van der Waals surface area contributed by atoms with Crippen molar-refractivity contribution in [3.05, 3.63) is 0 Å². The van der Waals surface area contributed by atoms with Gasteiger partial charge in [0.25, 0.3) is 0 Å². The third-order valence-electron chi connectivity index (χ3n) is 1.58. The maximum atomic E-state index is 10.8. The van der Waals surface area contributed by atoms with Gasteiger partial charge in [-0.25, -0.2) is 4.79 Å². The number of carbonyl (C=O) groups is 1. The zero-order valence-corrected chi connectivity index (χ0v) is 9.08. The molecule has 0 saturated carbocycles. The second-order valence-corrected chi connectivity index (χ2v) is 5.03. The third-order valence-corrected chi connectivity index (χ3v) is 3.27. The van der Waals surface area contributed by atoms with E-state index in [0.717, 1.165) is 10.1 Å². The Morgan fingerprint density at radius 1 is 1.67 bits per heavy atom. The normalized spacial score (nSPS) is 22.3. The van der Waals surface area contributed by atoms with Crippen LogP contribution in [0.15, 0.2) is 0 Å². The Morgan fingerprint density at radius 2 is 2.42 bits per heavy atom. The maximum Gasteiger partial charge on any atom is 0.429 e. The van der Waals surface area contributed by atoms with Crippen LogP contribution < -0.4 is 0 Å². The molecular formula is C6H11NO2S3. The van der Waals surface area contributed by atoms with Crippen LogP contribution in [0.25, 0.3) is 0 Å². The van der Waals surface area contributed by atoms with Gasteiger partial charge < -0.3 is 4.74 Å². The topological polar surface area (TPSA) is 29.5 Å². The molecule has 0 aromatic heterocycles. The van der Waals surface area contributed by atoms with Crippen molar-refractivity contribution in [1.82, 2.24) is 3.71 Å². The van der Waals surface area contributed by atoms with Gasteiger partial charge >= 0.3 is 6.09 Å². The number of hydrogen-bond acceptors (Lipinski definition) is 5. The van der Waals surface area contributed by atoms with Gasteiger partial charge in [0.15, 0.2) is 0 Å². The van der Waals surface area contributed by atoms with E-state index in [9.17, 15) is 4.79 Å². The molecule has 3 nitrogen and oxygen atoms in total. The van der Waals surface area contributed by atoms with E-state index in [0.29, 0.717) is 11.9 Å². The third kappa shape index (κ3) is 3.37. The van der Waals surface area contributed by atoms with Gasteiger partial charge in [-0.05, 0) is 44.2 Å².